The minimum atomic E-state index is -0.419. The number of halogens is 1. The number of aromatic nitrogens is 2. The number of hydrogen-bond donors (Lipinski definition) is 2. The number of anilines is 1. The number of hydrogen-bond acceptors (Lipinski definition) is 4. The van der Waals surface area contributed by atoms with Gasteiger partial charge in [-0.1, -0.05) is 13.8 Å². The number of benzene rings is 1. The van der Waals surface area contributed by atoms with Crippen LogP contribution >= 0.6 is 11.6 Å². The van der Waals surface area contributed by atoms with E-state index in [2.05, 4.69) is 29.1 Å². The van der Waals surface area contributed by atoms with Crippen molar-refractivity contribution < 1.29 is 4.92 Å². The van der Waals surface area contributed by atoms with Gasteiger partial charge < -0.3 is 10.3 Å². The molecule has 0 aliphatic carbocycles. The first-order valence-electron chi connectivity index (χ1n) is 6.48. The Hall–Kier alpha value is -1.82. The standard InChI is InChI=1S/C13H17ClN4O2/c1-8(2)10(5-6-14)15-13-16-11-4-3-9(18(19)20)7-12(11)17-13/h3-4,7-8,10H,5-6H2,1-2H3,(H2,15,16,17). The van der Waals surface area contributed by atoms with Crippen LogP contribution in [0.4, 0.5) is 11.6 Å². The molecule has 1 aromatic carbocycles. The molecule has 0 bridgehead atoms. The zero-order chi connectivity index (χ0) is 14.7. The van der Waals surface area contributed by atoms with Gasteiger partial charge in [-0.2, -0.15) is 0 Å². The number of nitrogens with zero attached hydrogens (tertiary/aromatic N) is 2. The van der Waals surface area contributed by atoms with Crippen LogP contribution in [0.1, 0.15) is 20.3 Å². The Morgan fingerprint density at radius 1 is 1.50 bits per heavy atom. The minimum absolute atomic E-state index is 0.0499. The van der Waals surface area contributed by atoms with Crippen molar-refractivity contribution in [1.82, 2.24) is 9.97 Å². The molecule has 20 heavy (non-hydrogen) atoms. The highest BCUT2D eigenvalue weighted by Gasteiger charge is 2.15. The van der Waals surface area contributed by atoms with Gasteiger partial charge in [-0.3, -0.25) is 10.1 Å². The molecule has 0 spiro atoms. The van der Waals surface area contributed by atoms with E-state index < -0.39 is 4.92 Å². The van der Waals surface area contributed by atoms with Crippen molar-refractivity contribution in [3.05, 3.63) is 28.3 Å². The summed E-state index contributed by atoms with van der Waals surface area (Å²) in [5.41, 5.74) is 1.40. The van der Waals surface area contributed by atoms with Gasteiger partial charge in [0.15, 0.2) is 0 Å². The summed E-state index contributed by atoms with van der Waals surface area (Å²) in [5.74, 6) is 1.60. The molecular formula is C13H17ClN4O2. The molecule has 108 valence electrons. The molecular weight excluding hydrogens is 280 g/mol. The topological polar surface area (TPSA) is 83.8 Å². The third kappa shape index (κ3) is 3.19. The SMILES string of the molecule is CC(C)C(CCCl)Nc1nc2ccc([N+](=O)[O-])cc2[nH]1. The number of rotatable bonds is 6. The fourth-order valence-electron chi connectivity index (χ4n) is 2.04. The molecule has 0 amide bonds. The van der Waals surface area contributed by atoms with Gasteiger partial charge in [0.1, 0.15) is 0 Å². The number of alkyl halides is 1. The second kappa shape index (κ2) is 6.09. The van der Waals surface area contributed by atoms with Crippen LogP contribution in [0.25, 0.3) is 11.0 Å². The van der Waals surface area contributed by atoms with Crippen LogP contribution in [0, 0.1) is 16.0 Å². The molecule has 1 atom stereocenters. The van der Waals surface area contributed by atoms with E-state index in [0.29, 0.717) is 28.8 Å². The maximum atomic E-state index is 10.7. The zero-order valence-electron chi connectivity index (χ0n) is 11.4. The van der Waals surface area contributed by atoms with Crippen LogP contribution in [-0.4, -0.2) is 26.8 Å². The molecule has 0 saturated heterocycles. The van der Waals surface area contributed by atoms with Crippen LogP contribution in [0.2, 0.25) is 0 Å². The summed E-state index contributed by atoms with van der Waals surface area (Å²) in [6.45, 7) is 4.22. The lowest BCUT2D eigenvalue weighted by Gasteiger charge is -2.20. The number of aromatic amines is 1. The predicted octanol–water partition coefficient (Wildman–Crippen LogP) is 3.54. The van der Waals surface area contributed by atoms with Crippen molar-refractivity contribution in [1.29, 1.82) is 0 Å². The highest BCUT2D eigenvalue weighted by atomic mass is 35.5. The van der Waals surface area contributed by atoms with Gasteiger partial charge >= 0.3 is 0 Å². The molecule has 0 fully saturated rings. The Morgan fingerprint density at radius 3 is 2.85 bits per heavy atom. The van der Waals surface area contributed by atoms with E-state index in [0.717, 1.165) is 6.42 Å². The molecule has 1 unspecified atom stereocenters. The number of imidazole rings is 1. The van der Waals surface area contributed by atoms with E-state index in [4.69, 9.17) is 11.6 Å². The van der Waals surface area contributed by atoms with Crippen molar-refractivity contribution >= 4 is 34.3 Å². The summed E-state index contributed by atoms with van der Waals surface area (Å²) >= 11 is 5.80. The van der Waals surface area contributed by atoms with Crippen LogP contribution in [0.3, 0.4) is 0 Å². The largest absolute Gasteiger partial charge is 0.353 e. The molecule has 2 N–H and O–H groups in total. The van der Waals surface area contributed by atoms with Gasteiger partial charge in [-0.15, -0.1) is 11.6 Å². The average Bonchev–Trinajstić information content (AvgIpc) is 2.79. The summed E-state index contributed by atoms with van der Waals surface area (Å²) in [6.07, 6.45) is 0.830. The quantitative estimate of drug-likeness (QED) is 0.485. The Kier molecular flexibility index (Phi) is 4.44. The minimum Gasteiger partial charge on any atom is -0.353 e. The number of H-pyrrole nitrogens is 1. The van der Waals surface area contributed by atoms with Crippen molar-refractivity contribution in [3.63, 3.8) is 0 Å². The molecule has 0 saturated carbocycles. The highest BCUT2D eigenvalue weighted by molar-refractivity contribution is 6.17. The summed E-state index contributed by atoms with van der Waals surface area (Å²) in [5, 5.41) is 14.0. The number of fused-ring (bicyclic) bond motifs is 1. The van der Waals surface area contributed by atoms with E-state index in [1.165, 1.54) is 12.1 Å². The third-order valence-electron chi connectivity index (χ3n) is 3.22. The maximum Gasteiger partial charge on any atom is 0.271 e. The first-order valence-corrected chi connectivity index (χ1v) is 7.01. The Labute approximate surface area is 121 Å². The number of nitro benzene ring substituents is 1. The first-order chi connectivity index (χ1) is 9.51. The summed E-state index contributed by atoms with van der Waals surface area (Å²) in [6, 6.07) is 4.79. The fraction of sp³-hybridized carbons (Fsp3) is 0.462. The van der Waals surface area contributed by atoms with Gasteiger partial charge in [-0.05, 0) is 18.4 Å². The second-order valence-electron chi connectivity index (χ2n) is 5.02. The van der Waals surface area contributed by atoms with E-state index >= 15 is 0 Å². The summed E-state index contributed by atoms with van der Waals surface area (Å²) in [4.78, 5) is 17.8. The second-order valence-corrected chi connectivity index (χ2v) is 5.39. The molecule has 0 aliphatic rings. The van der Waals surface area contributed by atoms with E-state index in [9.17, 15) is 10.1 Å². The molecule has 2 aromatic rings. The molecule has 1 aromatic heterocycles. The van der Waals surface area contributed by atoms with Crippen molar-refractivity contribution in [2.75, 3.05) is 11.2 Å². The van der Waals surface area contributed by atoms with Crippen LogP contribution in [0.5, 0.6) is 0 Å². The van der Waals surface area contributed by atoms with Crippen molar-refractivity contribution in [2.45, 2.75) is 26.3 Å². The summed E-state index contributed by atoms with van der Waals surface area (Å²) < 4.78 is 0. The molecule has 1 heterocycles. The van der Waals surface area contributed by atoms with Crippen molar-refractivity contribution in [2.24, 2.45) is 5.92 Å². The van der Waals surface area contributed by atoms with E-state index in [1.807, 2.05) is 0 Å². The highest BCUT2D eigenvalue weighted by Crippen LogP contribution is 2.22. The van der Waals surface area contributed by atoms with Gasteiger partial charge in [0.25, 0.3) is 5.69 Å². The number of non-ortho nitro benzene ring substituents is 1. The lowest BCUT2D eigenvalue weighted by atomic mass is 10.0. The number of nitrogens with one attached hydrogen (secondary N) is 2. The van der Waals surface area contributed by atoms with Crippen LogP contribution in [-0.2, 0) is 0 Å². The molecule has 6 nitrogen and oxygen atoms in total. The zero-order valence-corrected chi connectivity index (χ0v) is 12.1. The molecule has 7 heteroatoms. The van der Waals surface area contributed by atoms with Gasteiger partial charge in [0, 0.05) is 24.1 Å². The lowest BCUT2D eigenvalue weighted by Crippen LogP contribution is -2.26. The van der Waals surface area contributed by atoms with Crippen molar-refractivity contribution in [3.8, 4) is 0 Å². The summed E-state index contributed by atoms with van der Waals surface area (Å²) in [7, 11) is 0. The monoisotopic (exact) mass is 296 g/mol. The maximum absolute atomic E-state index is 10.7. The van der Waals surface area contributed by atoms with Gasteiger partial charge in [-0.25, -0.2) is 4.98 Å². The third-order valence-corrected chi connectivity index (χ3v) is 3.44. The van der Waals surface area contributed by atoms with Gasteiger partial charge in [0.2, 0.25) is 5.95 Å². The smallest absolute Gasteiger partial charge is 0.271 e. The molecule has 0 radical (unpaired) electrons. The first kappa shape index (κ1) is 14.6. The number of nitro groups is 1. The predicted molar refractivity (Wildman–Crippen MR) is 80.3 cm³/mol. The van der Waals surface area contributed by atoms with Crippen LogP contribution in [0.15, 0.2) is 18.2 Å². The van der Waals surface area contributed by atoms with E-state index in [-0.39, 0.29) is 11.7 Å². The normalized spacial score (nSPS) is 12.8. The molecule has 0 aliphatic heterocycles. The molecule has 2 rings (SSSR count). The lowest BCUT2D eigenvalue weighted by molar-refractivity contribution is -0.384. The fourth-order valence-corrected chi connectivity index (χ4v) is 2.28. The van der Waals surface area contributed by atoms with Gasteiger partial charge in [0.05, 0.1) is 16.0 Å². The van der Waals surface area contributed by atoms with E-state index in [1.54, 1.807) is 6.07 Å². The Bertz CT molecular complexity index is 611. The van der Waals surface area contributed by atoms with Crippen LogP contribution < -0.4 is 5.32 Å². The Balaban J connectivity index is 2.24. The average molecular weight is 297 g/mol. The Morgan fingerprint density at radius 2 is 2.25 bits per heavy atom.